The van der Waals surface area contributed by atoms with E-state index in [-0.39, 0.29) is 6.10 Å². The third-order valence-corrected chi connectivity index (χ3v) is 5.61. The van der Waals surface area contributed by atoms with Gasteiger partial charge in [-0.3, -0.25) is 0 Å². The number of benzene rings is 3. The fourth-order valence-electron chi connectivity index (χ4n) is 3.76. The summed E-state index contributed by atoms with van der Waals surface area (Å²) in [7, 11) is 0. The molecule has 1 unspecified atom stereocenters. The van der Waals surface area contributed by atoms with Crippen LogP contribution < -0.4 is 9.47 Å². The summed E-state index contributed by atoms with van der Waals surface area (Å²) >= 11 is 0. The first-order valence-corrected chi connectivity index (χ1v) is 11.3. The minimum Gasteiger partial charge on any atom is -0.487 e. The molecule has 0 saturated carbocycles. The van der Waals surface area contributed by atoms with Crippen molar-refractivity contribution in [2.24, 2.45) is 0 Å². The number of aromatic amines is 1. The van der Waals surface area contributed by atoms with Crippen molar-refractivity contribution in [3.8, 4) is 11.5 Å². The van der Waals surface area contributed by atoms with Gasteiger partial charge in [0.05, 0.1) is 11.2 Å². The molecule has 3 aromatic carbocycles. The SMILES string of the molecule is CC(Oc1cccc(CCc2ccc(OCc3ccc4ccccc4n3)cc2)c1)c1nn[nH]n1. The van der Waals surface area contributed by atoms with Crippen LogP contribution in [0.15, 0.2) is 84.9 Å². The van der Waals surface area contributed by atoms with Crippen LogP contribution in [-0.2, 0) is 19.4 Å². The minimum absolute atomic E-state index is 0.272. The number of H-pyrrole nitrogens is 1. The monoisotopic (exact) mass is 451 g/mol. The Morgan fingerprint density at radius 2 is 1.68 bits per heavy atom. The second-order valence-corrected chi connectivity index (χ2v) is 8.11. The van der Waals surface area contributed by atoms with E-state index in [0.29, 0.717) is 12.4 Å². The molecule has 0 saturated heterocycles. The molecule has 0 amide bonds. The summed E-state index contributed by atoms with van der Waals surface area (Å²) in [5, 5.41) is 15.1. The number of para-hydroxylation sites is 1. The first kappa shape index (κ1) is 21.6. The Kier molecular flexibility index (Phi) is 6.42. The number of hydrogen-bond donors (Lipinski definition) is 1. The molecule has 2 aromatic heterocycles. The molecule has 7 nitrogen and oxygen atoms in total. The number of nitrogens with one attached hydrogen (secondary N) is 1. The lowest BCUT2D eigenvalue weighted by molar-refractivity contribution is 0.216. The number of fused-ring (bicyclic) bond motifs is 1. The van der Waals surface area contributed by atoms with Crippen LogP contribution in [0.25, 0.3) is 10.9 Å². The largest absolute Gasteiger partial charge is 0.487 e. The van der Waals surface area contributed by atoms with Gasteiger partial charge in [-0.1, -0.05) is 53.7 Å². The van der Waals surface area contributed by atoms with E-state index in [2.05, 4.69) is 62.0 Å². The minimum atomic E-state index is -0.272. The van der Waals surface area contributed by atoms with Gasteiger partial charge in [-0.15, -0.1) is 10.2 Å². The third-order valence-electron chi connectivity index (χ3n) is 5.61. The maximum atomic E-state index is 5.95. The quantitative estimate of drug-likeness (QED) is 0.329. The summed E-state index contributed by atoms with van der Waals surface area (Å²) in [6.45, 7) is 2.34. The molecule has 2 heterocycles. The molecule has 0 fully saturated rings. The Morgan fingerprint density at radius 3 is 2.53 bits per heavy atom. The molecule has 5 aromatic rings. The zero-order valence-electron chi connectivity index (χ0n) is 18.9. The van der Waals surface area contributed by atoms with Gasteiger partial charge in [0.1, 0.15) is 18.1 Å². The molecule has 1 N–H and O–H groups in total. The van der Waals surface area contributed by atoms with Gasteiger partial charge in [0.2, 0.25) is 5.82 Å². The predicted octanol–water partition coefficient (Wildman–Crippen LogP) is 5.25. The number of ether oxygens (including phenoxy) is 2. The topological polar surface area (TPSA) is 85.8 Å². The highest BCUT2D eigenvalue weighted by Gasteiger charge is 2.12. The van der Waals surface area contributed by atoms with Crippen LogP contribution in [0.3, 0.4) is 0 Å². The highest BCUT2D eigenvalue weighted by molar-refractivity contribution is 5.78. The first-order chi connectivity index (χ1) is 16.7. The van der Waals surface area contributed by atoms with Crippen molar-refractivity contribution in [1.29, 1.82) is 0 Å². The van der Waals surface area contributed by atoms with E-state index in [1.165, 1.54) is 11.1 Å². The summed E-state index contributed by atoms with van der Waals surface area (Å²) in [6, 6.07) is 28.6. The highest BCUT2D eigenvalue weighted by Crippen LogP contribution is 2.22. The lowest BCUT2D eigenvalue weighted by Crippen LogP contribution is -2.05. The number of aryl methyl sites for hydroxylation is 2. The number of aromatic nitrogens is 5. The van der Waals surface area contributed by atoms with Crippen molar-refractivity contribution in [3.63, 3.8) is 0 Å². The molecule has 0 radical (unpaired) electrons. The lowest BCUT2D eigenvalue weighted by Gasteiger charge is -2.12. The van der Waals surface area contributed by atoms with E-state index < -0.39 is 0 Å². The molecule has 0 aliphatic carbocycles. The van der Waals surface area contributed by atoms with Gasteiger partial charge in [0.25, 0.3) is 0 Å². The summed E-state index contributed by atoms with van der Waals surface area (Å²) < 4.78 is 11.9. The summed E-state index contributed by atoms with van der Waals surface area (Å²) in [5.41, 5.74) is 4.36. The van der Waals surface area contributed by atoms with Crippen LogP contribution in [0.5, 0.6) is 11.5 Å². The molecule has 34 heavy (non-hydrogen) atoms. The highest BCUT2D eigenvalue weighted by atomic mass is 16.5. The van der Waals surface area contributed by atoms with Gasteiger partial charge in [0, 0.05) is 5.39 Å². The van der Waals surface area contributed by atoms with Gasteiger partial charge < -0.3 is 9.47 Å². The fraction of sp³-hybridized carbons (Fsp3) is 0.185. The molecule has 0 aliphatic heterocycles. The van der Waals surface area contributed by atoms with Crippen molar-refractivity contribution < 1.29 is 9.47 Å². The molecule has 170 valence electrons. The van der Waals surface area contributed by atoms with Crippen LogP contribution in [0, 0.1) is 0 Å². The lowest BCUT2D eigenvalue weighted by atomic mass is 10.0. The Bertz CT molecular complexity index is 1350. The molecule has 0 bridgehead atoms. The number of tetrazole rings is 1. The second-order valence-electron chi connectivity index (χ2n) is 8.11. The number of pyridine rings is 1. The van der Waals surface area contributed by atoms with Crippen LogP contribution in [-0.4, -0.2) is 25.6 Å². The van der Waals surface area contributed by atoms with Crippen LogP contribution in [0.4, 0.5) is 0 Å². The molecular weight excluding hydrogens is 426 g/mol. The smallest absolute Gasteiger partial charge is 0.214 e. The van der Waals surface area contributed by atoms with E-state index in [1.54, 1.807) is 0 Å². The van der Waals surface area contributed by atoms with Crippen molar-refractivity contribution >= 4 is 10.9 Å². The molecular formula is C27H25N5O2. The maximum absolute atomic E-state index is 5.95. The first-order valence-electron chi connectivity index (χ1n) is 11.3. The Morgan fingerprint density at radius 1 is 0.824 bits per heavy atom. The van der Waals surface area contributed by atoms with Crippen LogP contribution in [0.1, 0.15) is 35.7 Å². The maximum Gasteiger partial charge on any atom is 0.214 e. The zero-order valence-corrected chi connectivity index (χ0v) is 18.9. The van der Waals surface area contributed by atoms with E-state index in [4.69, 9.17) is 9.47 Å². The second kappa shape index (κ2) is 10.1. The standard InChI is InChI=1S/C27H25N5O2/c1-19(27-29-31-32-30-27)34-25-7-4-5-21(17-25)10-9-20-11-15-24(16-12-20)33-18-23-14-13-22-6-2-3-8-26(22)28-23/h2-8,11-17,19H,9-10,18H2,1H3,(H,29,30,31,32). The summed E-state index contributed by atoms with van der Waals surface area (Å²) in [4.78, 5) is 4.66. The average molecular weight is 452 g/mol. The predicted molar refractivity (Wildman–Crippen MR) is 130 cm³/mol. The molecule has 0 aliphatic rings. The number of nitrogens with zero attached hydrogens (tertiary/aromatic N) is 4. The van der Waals surface area contributed by atoms with Gasteiger partial charge in [-0.05, 0) is 67.3 Å². The van der Waals surface area contributed by atoms with Crippen molar-refractivity contribution in [2.45, 2.75) is 32.5 Å². The fourth-order valence-corrected chi connectivity index (χ4v) is 3.76. The third kappa shape index (κ3) is 5.38. The zero-order chi connectivity index (χ0) is 23.2. The Balaban J connectivity index is 1.14. The van der Waals surface area contributed by atoms with Gasteiger partial charge in [0.15, 0.2) is 6.10 Å². The molecule has 0 spiro atoms. The Hall–Kier alpha value is -4.26. The Labute approximate surface area is 197 Å². The van der Waals surface area contributed by atoms with E-state index in [0.717, 1.165) is 40.9 Å². The van der Waals surface area contributed by atoms with E-state index in [9.17, 15) is 0 Å². The van der Waals surface area contributed by atoms with Crippen LogP contribution in [0.2, 0.25) is 0 Å². The van der Waals surface area contributed by atoms with E-state index in [1.807, 2.05) is 55.5 Å². The van der Waals surface area contributed by atoms with Crippen molar-refractivity contribution in [2.75, 3.05) is 0 Å². The van der Waals surface area contributed by atoms with Crippen molar-refractivity contribution in [3.05, 3.63) is 108 Å². The molecule has 1 atom stereocenters. The van der Waals surface area contributed by atoms with Gasteiger partial charge in [-0.25, -0.2) is 4.98 Å². The van der Waals surface area contributed by atoms with Crippen LogP contribution >= 0.6 is 0 Å². The molecule has 7 heteroatoms. The normalized spacial score (nSPS) is 11.9. The summed E-state index contributed by atoms with van der Waals surface area (Å²) in [6.07, 6.45) is 1.57. The molecule has 5 rings (SSSR count). The number of rotatable bonds is 9. The van der Waals surface area contributed by atoms with Gasteiger partial charge >= 0.3 is 0 Å². The summed E-state index contributed by atoms with van der Waals surface area (Å²) in [5.74, 6) is 2.16. The van der Waals surface area contributed by atoms with Crippen molar-refractivity contribution in [1.82, 2.24) is 25.6 Å². The van der Waals surface area contributed by atoms with E-state index >= 15 is 0 Å². The van der Waals surface area contributed by atoms with Gasteiger partial charge in [-0.2, -0.15) is 5.21 Å². The average Bonchev–Trinajstić information content (AvgIpc) is 3.42. The number of hydrogen-bond acceptors (Lipinski definition) is 6.